The van der Waals surface area contributed by atoms with Crippen molar-refractivity contribution in [2.45, 2.75) is 19.4 Å². The van der Waals surface area contributed by atoms with Crippen LogP contribution in [0.1, 0.15) is 13.8 Å². The van der Waals surface area contributed by atoms with Gasteiger partial charge in [0.05, 0.1) is 0 Å². The number of hydrogen-bond donors (Lipinski definition) is 2. The predicted molar refractivity (Wildman–Crippen MR) is 41.7 cm³/mol. The third-order valence-corrected chi connectivity index (χ3v) is 1.46. The van der Waals surface area contributed by atoms with E-state index < -0.39 is 24.1 Å². The molecule has 0 unspecified atom stereocenters. The molecule has 12 heavy (non-hydrogen) atoms. The first-order valence-electron chi connectivity index (χ1n) is 3.48. The van der Waals surface area contributed by atoms with Crippen molar-refractivity contribution in [3.63, 3.8) is 0 Å². The molecule has 0 atom stereocenters. The average molecular weight is 175 g/mol. The van der Waals surface area contributed by atoms with E-state index in [4.69, 9.17) is 5.11 Å². The molecule has 0 bridgehead atoms. The largest absolute Gasteiger partial charge is 0.479 e. The fourth-order valence-corrected chi connectivity index (χ4v) is 0.410. The summed E-state index contributed by atoms with van der Waals surface area (Å²) >= 11 is 0. The molecule has 0 aliphatic rings. The smallest absolute Gasteiger partial charge is 0.341 e. The van der Waals surface area contributed by atoms with Crippen LogP contribution in [0.5, 0.6) is 0 Å². The molecule has 0 heterocycles. The van der Waals surface area contributed by atoms with Crippen LogP contribution in [0.2, 0.25) is 0 Å². The molecule has 0 amide bonds. The number of carboxylic acids is 1. The van der Waals surface area contributed by atoms with Crippen molar-refractivity contribution in [1.82, 2.24) is 5.32 Å². The molecule has 0 radical (unpaired) electrons. The summed E-state index contributed by atoms with van der Waals surface area (Å²) in [7, 11) is 1.60. The van der Waals surface area contributed by atoms with Crippen LogP contribution in [0.15, 0.2) is 0 Å². The third-order valence-electron chi connectivity index (χ3n) is 1.46. The zero-order chi connectivity index (χ0) is 9.78. The number of hydrogen-bond acceptors (Lipinski definition) is 4. The van der Waals surface area contributed by atoms with E-state index in [9.17, 15) is 9.59 Å². The highest BCUT2D eigenvalue weighted by Gasteiger charge is 2.27. The van der Waals surface area contributed by atoms with Crippen LogP contribution in [-0.2, 0) is 14.3 Å². The number of carboxylic acid groups (broad SMARTS) is 1. The zero-order valence-corrected chi connectivity index (χ0v) is 7.38. The van der Waals surface area contributed by atoms with Crippen molar-refractivity contribution >= 4 is 11.9 Å². The molecular weight excluding hydrogens is 162 g/mol. The van der Waals surface area contributed by atoms with Gasteiger partial charge in [0.25, 0.3) is 0 Å². The zero-order valence-electron chi connectivity index (χ0n) is 7.38. The summed E-state index contributed by atoms with van der Waals surface area (Å²) in [5.41, 5.74) is -0.838. The van der Waals surface area contributed by atoms with Crippen LogP contribution < -0.4 is 5.32 Å². The Morgan fingerprint density at radius 1 is 1.50 bits per heavy atom. The molecule has 0 saturated carbocycles. The molecule has 0 aliphatic carbocycles. The van der Waals surface area contributed by atoms with Crippen LogP contribution >= 0.6 is 0 Å². The van der Waals surface area contributed by atoms with Crippen LogP contribution in [0.4, 0.5) is 0 Å². The standard InChI is InChI=1S/C7H13NO4/c1-7(2,8-3)6(11)12-4-5(9)10/h8H,4H2,1-3H3,(H,9,10). The molecule has 0 saturated heterocycles. The van der Waals surface area contributed by atoms with Gasteiger partial charge >= 0.3 is 11.9 Å². The van der Waals surface area contributed by atoms with Crippen LogP contribution in [0, 0.1) is 0 Å². The summed E-state index contributed by atoms with van der Waals surface area (Å²) in [4.78, 5) is 21.1. The Morgan fingerprint density at radius 2 is 2.00 bits per heavy atom. The van der Waals surface area contributed by atoms with Gasteiger partial charge in [-0.25, -0.2) is 4.79 Å². The third kappa shape index (κ3) is 3.34. The van der Waals surface area contributed by atoms with E-state index in [1.807, 2.05) is 0 Å². The molecule has 0 aliphatic heterocycles. The maximum Gasteiger partial charge on any atom is 0.341 e. The van der Waals surface area contributed by atoms with Gasteiger partial charge in [-0.15, -0.1) is 0 Å². The first-order chi connectivity index (χ1) is 5.40. The van der Waals surface area contributed by atoms with E-state index in [2.05, 4.69) is 10.1 Å². The summed E-state index contributed by atoms with van der Waals surface area (Å²) in [6.45, 7) is 2.62. The molecule has 0 fully saturated rings. The molecule has 5 nitrogen and oxygen atoms in total. The fraction of sp³-hybridized carbons (Fsp3) is 0.714. The number of rotatable bonds is 4. The van der Waals surface area contributed by atoms with E-state index >= 15 is 0 Å². The lowest BCUT2D eigenvalue weighted by molar-refractivity contribution is -0.159. The first kappa shape index (κ1) is 10.9. The number of likely N-dealkylation sites (N-methyl/N-ethyl adjacent to an activating group) is 1. The second-order valence-corrected chi connectivity index (χ2v) is 2.84. The van der Waals surface area contributed by atoms with E-state index in [0.29, 0.717) is 0 Å². The summed E-state index contributed by atoms with van der Waals surface area (Å²) in [6.07, 6.45) is 0. The molecule has 2 N–H and O–H groups in total. The molecule has 0 spiro atoms. The lowest BCUT2D eigenvalue weighted by atomic mass is 10.1. The SMILES string of the molecule is CNC(C)(C)C(=O)OCC(=O)O. The molecule has 0 rings (SSSR count). The van der Waals surface area contributed by atoms with Crippen LogP contribution in [0.3, 0.4) is 0 Å². The molecule has 0 aromatic heterocycles. The Bertz CT molecular complexity index is 188. The molecule has 70 valence electrons. The summed E-state index contributed by atoms with van der Waals surface area (Å²) in [5.74, 6) is -1.73. The van der Waals surface area contributed by atoms with Crippen LogP contribution in [-0.4, -0.2) is 36.2 Å². The highest BCUT2D eigenvalue weighted by atomic mass is 16.6. The van der Waals surface area contributed by atoms with Crippen molar-refractivity contribution in [1.29, 1.82) is 0 Å². The summed E-state index contributed by atoms with van der Waals surface area (Å²) < 4.78 is 4.46. The minimum atomic E-state index is -1.16. The average Bonchev–Trinajstić information content (AvgIpc) is 2.00. The van der Waals surface area contributed by atoms with Gasteiger partial charge in [0.15, 0.2) is 6.61 Å². The van der Waals surface area contributed by atoms with Gasteiger partial charge in [0.1, 0.15) is 5.54 Å². The van der Waals surface area contributed by atoms with Crippen molar-refractivity contribution in [2.75, 3.05) is 13.7 Å². The quantitative estimate of drug-likeness (QED) is 0.569. The first-order valence-corrected chi connectivity index (χ1v) is 3.48. The van der Waals surface area contributed by atoms with Gasteiger partial charge in [-0.1, -0.05) is 0 Å². The van der Waals surface area contributed by atoms with Crippen molar-refractivity contribution in [2.24, 2.45) is 0 Å². The topological polar surface area (TPSA) is 75.6 Å². The normalized spacial score (nSPS) is 10.9. The van der Waals surface area contributed by atoms with Gasteiger partial charge in [0, 0.05) is 0 Å². The van der Waals surface area contributed by atoms with E-state index in [1.54, 1.807) is 20.9 Å². The van der Waals surface area contributed by atoms with Crippen LogP contribution in [0.25, 0.3) is 0 Å². The Morgan fingerprint density at radius 3 is 2.33 bits per heavy atom. The van der Waals surface area contributed by atoms with Gasteiger partial charge in [-0.05, 0) is 20.9 Å². The second-order valence-electron chi connectivity index (χ2n) is 2.84. The minimum Gasteiger partial charge on any atom is -0.479 e. The number of carbonyl (C=O) groups excluding carboxylic acids is 1. The highest BCUT2D eigenvalue weighted by Crippen LogP contribution is 2.03. The highest BCUT2D eigenvalue weighted by molar-refractivity contribution is 5.82. The Labute approximate surface area is 70.7 Å². The molecule has 0 aromatic carbocycles. The lowest BCUT2D eigenvalue weighted by Gasteiger charge is -2.20. The Hall–Kier alpha value is -1.10. The fourth-order valence-electron chi connectivity index (χ4n) is 0.410. The second kappa shape index (κ2) is 4.06. The van der Waals surface area contributed by atoms with E-state index in [0.717, 1.165) is 0 Å². The molecule has 5 heteroatoms. The van der Waals surface area contributed by atoms with Crippen molar-refractivity contribution in [3.8, 4) is 0 Å². The van der Waals surface area contributed by atoms with Gasteiger partial charge in [-0.2, -0.15) is 0 Å². The van der Waals surface area contributed by atoms with E-state index in [-0.39, 0.29) is 0 Å². The van der Waals surface area contributed by atoms with Gasteiger partial charge in [-0.3, -0.25) is 4.79 Å². The van der Waals surface area contributed by atoms with Crippen molar-refractivity contribution in [3.05, 3.63) is 0 Å². The lowest BCUT2D eigenvalue weighted by Crippen LogP contribution is -2.46. The maximum atomic E-state index is 11.1. The Kier molecular flexibility index (Phi) is 3.69. The summed E-state index contributed by atoms with van der Waals surface area (Å²) in [5, 5.41) is 10.9. The summed E-state index contributed by atoms with van der Waals surface area (Å²) in [6, 6.07) is 0. The Balaban J connectivity index is 3.96. The van der Waals surface area contributed by atoms with Gasteiger partial charge < -0.3 is 15.2 Å². The number of carbonyl (C=O) groups is 2. The minimum absolute atomic E-state index is 0.576. The van der Waals surface area contributed by atoms with Crippen molar-refractivity contribution < 1.29 is 19.4 Å². The number of esters is 1. The molecule has 0 aromatic rings. The predicted octanol–water partition coefficient (Wildman–Crippen LogP) is -0.388. The monoisotopic (exact) mass is 175 g/mol. The molecular formula is C7H13NO4. The van der Waals surface area contributed by atoms with E-state index in [1.165, 1.54) is 0 Å². The number of ether oxygens (including phenoxy) is 1. The maximum absolute atomic E-state index is 11.1. The van der Waals surface area contributed by atoms with Gasteiger partial charge in [0.2, 0.25) is 0 Å². The number of nitrogens with one attached hydrogen (secondary N) is 1. The number of aliphatic carboxylic acids is 1.